The van der Waals surface area contributed by atoms with Gasteiger partial charge in [0.1, 0.15) is 28.9 Å². The van der Waals surface area contributed by atoms with Gasteiger partial charge < -0.3 is 14.8 Å². The second kappa shape index (κ2) is 9.29. The Bertz CT molecular complexity index is 1460. The molecule has 0 saturated heterocycles. The van der Waals surface area contributed by atoms with Gasteiger partial charge in [-0.15, -0.1) is 0 Å². The lowest BCUT2D eigenvalue weighted by molar-refractivity contribution is -0.139. The zero-order valence-corrected chi connectivity index (χ0v) is 18.1. The molecule has 0 unspecified atom stereocenters. The summed E-state index contributed by atoms with van der Waals surface area (Å²) in [5.74, 6) is -4.73. The molecule has 4 aromatic rings. The average Bonchev–Trinajstić information content (AvgIpc) is 3.29. The van der Waals surface area contributed by atoms with Crippen LogP contribution in [0.25, 0.3) is 21.6 Å². The summed E-state index contributed by atoms with van der Waals surface area (Å²) in [5, 5.41) is 12.2. The van der Waals surface area contributed by atoms with E-state index in [9.17, 15) is 23.5 Å². The van der Waals surface area contributed by atoms with Crippen LogP contribution in [0, 0.1) is 18.2 Å². The molecule has 2 heterocycles. The number of amides is 1. The SMILES string of the molecule is [C-]#[N+]c1ccc(-c2ccc(C[C@H](NC(=O)c3c(F)cccc3F)C(=O)O)n3ccnc23)c(Cl)c1. The summed E-state index contributed by atoms with van der Waals surface area (Å²) < 4.78 is 29.5. The molecule has 4 rings (SSSR count). The minimum Gasteiger partial charge on any atom is -0.480 e. The predicted octanol–water partition coefficient (Wildman–Crippen LogP) is 4.91. The standard InChI is InChI=1S/C24H15ClF2N4O3/c1-28-13-5-7-15(17(25)11-13)16-8-6-14(31-10-9-29-22(16)31)12-20(24(33)34)30-23(32)21-18(26)3-2-4-19(21)27/h2-11,20H,12H2,(H,30,32)(H,33,34)/t20-/m0/s1. The number of carbonyl (C=O) groups is 2. The quantitative estimate of drug-likeness (QED) is 0.384. The number of rotatable bonds is 6. The highest BCUT2D eigenvalue weighted by Crippen LogP contribution is 2.34. The van der Waals surface area contributed by atoms with Crippen molar-refractivity contribution in [3.8, 4) is 11.1 Å². The number of hydrogen-bond donors (Lipinski definition) is 2. The van der Waals surface area contributed by atoms with Crippen molar-refractivity contribution in [2.45, 2.75) is 12.5 Å². The number of pyridine rings is 1. The molecule has 2 aromatic heterocycles. The van der Waals surface area contributed by atoms with Gasteiger partial charge in [0, 0.05) is 40.7 Å². The van der Waals surface area contributed by atoms with Crippen molar-refractivity contribution in [1.82, 2.24) is 14.7 Å². The first-order valence-corrected chi connectivity index (χ1v) is 10.3. The third kappa shape index (κ3) is 4.31. The van der Waals surface area contributed by atoms with Crippen LogP contribution in [0.4, 0.5) is 14.5 Å². The molecule has 1 amide bonds. The van der Waals surface area contributed by atoms with Crippen molar-refractivity contribution < 1.29 is 23.5 Å². The van der Waals surface area contributed by atoms with Gasteiger partial charge in [-0.2, -0.15) is 0 Å². The fraction of sp³-hybridized carbons (Fsp3) is 0.0833. The van der Waals surface area contributed by atoms with Crippen molar-refractivity contribution in [1.29, 1.82) is 0 Å². The van der Waals surface area contributed by atoms with Gasteiger partial charge in [0.15, 0.2) is 5.69 Å². The fourth-order valence-corrected chi connectivity index (χ4v) is 3.87. The van der Waals surface area contributed by atoms with Gasteiger partial charge in [-0.3, -0.25) is 4.79 Å². The number of benzene rings is 2. The van der Waals surface area contributed by atoms with Crippen LogP contribution >= 0.6 is 11.6 Å². The molecule has 170 valence electrons. The van der Waals surface area contributed by atoms with E-state index in [2.05, 4.69) is 15.1 Å². The molecular formula is C24H15ClF2N4O3. The first kappa shape index (κ1) is 22.9. The molecule has 7 nitrogen and oxygen atoms in total. The number of nitrogens with zero attached hydrogens (tertiary/aromatic N) is 3. The number of nitrogens with one attached hydrogen (secondary N) is 1. The Labute approximate surface area is 197 Å². The van der Waals surface area contributed by atoms with Crippen LogP contribution in [0.1, 0.15) is 16.1 Å². The Morgan fingerprint density at radius 3 is 2.50 bits per heavy atom. The van der Waals surface area contributed by atoms with Crippen LogP contribution in [0.5, 0.6) is 0 Å². The molecule has 0 radical (unpaired) electrons. The zero-order valence-electron chi connectivity index (χ0n) is 17.3. The summed E-state index contributed by atoms with van der Waals surface area (Å²) in [6.45, 7) is 7.11. The molecule has 2 N–H and O–H groups in total. The maximum Gasteiger partial charge on any atom is 0.326 e. The highest BCUT2D eigenvalue weighted by molar-refractivity contribution is 6.33. The van der Waals surface area contributed by atoms with Gasteiger partial charge in [-0.05, 0) is 30.3 Å². The van der Waals surface area contributed by atoms with Gasteiger partial charge in [0.2, 0.25) is 0 Å². The molecule has 0 bridgehead atoms. The summed E-state index contributed by atoms with van der Waals surface area (Å²) in [4.78, 5) is 31.9. The Morgan fingerprint density at radius 2 is 1.85 bits per heavy atom. The normalized spacial score (nSPS) is 11.7. The van der Waals surface area contributed by atoms with Crippen molar-refractivity contribution >= 4 is 34.8 Å². The Morgan fingerprint density at radius 1 is 1.15 bits per heavy atom. The van der Waals surface area contributed by atoms with Gasteiger partial charge in [-0.25, -0.2) is 23.4 Å². The van der Waals surface area contributed by atoms with Gasteiger partial charge in [-0.1, -0.05) is 29.8 Å². The molecular weight excluding hydrogens is 466 g/mol. The second-order valence-corrected chi connectivity index (χ2v) is 7.71. The highest BCUT2D eigenvalue weighted by Gasteiger charge is 2.26. The lowest BCUT2D eigenvalue weighted by Crippen LogP contribution is -2.43. The number of imidazole rings is 1. The molecule has 1 atom stereocenters. The molecule has 0 aliphatic heterocycles. The number of halogens is 3. The monoisotopic (exact) mass is 480 g/mol. The van der Waals surface area contributed by atoms with Crippen molar-refractivity contribution in [3.63, 3.8) is 0 Å². The van der Waals surface area contributed by atoms with Crippen LogP contribution in [-0.4, -0.2) is 32.4 Å². The molecule has 0 aliphatic rings. The van der Waals surface area contributed by atoms with Gasteiger partial charge >= 0.3 is 5.97 Å². The number of aromatic nitrogens is 2. The number of hydrogen-bond acceptors (Lipinski definition) is 3. The van der Waals surface area contributed by atoms with E-state index >= 15 is 0 Å². The van der Waals surface area contributed by atoms with E-state index in [1.54, 1.807) is 34.9 Å². The van der Waals surface area contributed by atoms with Crippen LogP contribution in [0.2, 0.25) is 5.02 Å². The number of carboxylic acid groups (broad SMARTS) is 1. The van der Waals surface area contributed by atoms with E-state index in [1.807, 2.05) is 0 Å². The topological polar surface area (TPSA) is 88.1 Å². The number of fused-ring (bicyclic) bond motifs is 1. The Hall–Kier alpha value is -4.29. The fourth-order valence-electron chi connectivity index (χ4n) is 3.59. The van der Waals surface area contributed by atoms with Crippen LogP contribution in [0.3, 0.4) is 0 Å². The highest BCUT2D eigenvalue weighted by atomic mass is 35.5. The van der Waals surface area contributed by atoms with Crippen molar-refractivity contribution in [2.75, 3.05) is 0 Å². The molecule has 0 fully saturated rings. The van der Waals surface area contributed by atoms with E-state index in [0.29, 0.717) is 33.2 Å². The lowest BCUT2D eigenvalue weighted by atomic mass is 10.0. The Balaban J connectivity index is 1.67. The molecule has 0 saturated carbocycles. The maximum absolute atomic E-state index is 13.9. The largest absolute Gasteiger partial charge is 0.480 e. The molecule has 10 heteroatoms. The Kier molecular flexibility index (Phi) is 6.25. The lowest BCUT2D eigenvalue weighted by Gasteiger charge is -2.17. The first-order chi connectivity index (χ1) is 16.3. The second-order valence-electron chi connectivity index (χ2n) is 7.30. The van der Waals surface area contributed by atoms with Gasteiger partial charge in [0.25, 0.3) is 5.91 Å². The van der Waals surface area contributed by atoms with Crippen molar-refractivity contribution in [2.24, 2.45) is 0 Å². The molecule has 0 spiro atoms. The molecule has 0 aliphatic carbocycles. The number of carboxylic acids is 1. The zero-order chi connectivity index (χ0) is 24.4. The van der Waals surface area contributed by atoms with Gasteiger partial charge in [0.05, 0.1) is 6.57 Å². The third-order valence-electron chi connectivity index (χ3n) is 5.21. The average molecular weight is 481 g/mol. The minimum absolute atomic E-state index is 0.186. The third-order valence-corrected chi connectivity index (χ3v) is 5.52. The van der Waals surface area contributed by atoms with E-state index in [-0.39, 0.29) is 6.42 Å². The maximum atomic E-state index is 13.9. The summed E-state index contributed by atoms with van der Waals surface area (Å²) in [7, 11) is 0. The smallest absolute Gasteiger partial charge is 0.326 e. The van der Waals surface area contributed by atoms with E-state index in [4.69, 9.17) is 18.2 Å². The summed E-state index contributed by atoms with van der Waals surface area (Å²) in [6, 6.07) is 9.67. The van der Waals surface area contributed by atoms with Crippen LogP contribution in [0.15, 0.2) is 60.9 Å². The van der Waals surface area contributed by atoms with E-state index < -0.39 is 35.1 Å². The minimum atomic E-state index is -1.47. The summed E-state index contributed by atoms with van der Waals surface area (Å²) in [5.41, 5.74) is 1.78. The number of aliphatic carboxylic acids is 1. The summed E-state index contributed by atoms with van der Waals surface area (Å²) >= 11 is 6.35. The van der Waals surface area contributed by atoms with E-state index in [0.717, 1.165) is 18.2 Å². The van der Waals surface area contributed by atoms with E-state index in [1.165, 1.54) is 12.3 Å². The van der Waals surface area contributed by atoms with Crippen molar-refractivity contribution in [3.05, 3.63) is 100 Å². The summed E-state index contributed by atoms with van der Waals surface area (Å²) in [6.07, 6.45) is 2.95. The predicted molar refractivity (Wildman–Crippen MR) is 121 cm³/mol. The molecule has 2 aromatic carbocycles. The first-order valence-electron chi connectivity index (χ1n) is 9.90. The number of carbonyl (C=O) groups excluding carboxylic acids is 1. The molecule has 34 heavy (non-hydrogen) atoms. The van der Waals surface area contributed by atoms with Crippen LogP contribution < -0.4 is 5.32 Å². The van der Waals surface area contributed by atoms with Crippen LogP contribution in [-0.2, 0) is 11.2 Å².